The molecule has 0 unspecified atom stereocenters. The number of carbonyl (C=O) groups excluding carboxylic acids is 1. The number of morpholine rings is 1. The van der Waals surface area contributed by atoms with Crippen LogP contribution in [-0.4, -0.2) is 51.3 Å². The summed E-state index contributed by atoms with van der Waals surface area (Å²) < 4.78 is 15.6. The molecule has 150 valence electrons. The van der Waals surface area contributed by atoms with Crippen LogP contribution in [0.4, 0.5) is 0 Å². The number of benzene rings is 2. The number of hydrogen-bond donors (Lipinski definition) is 0. The van der Waals surface area contributed by atoms with E-state index < -0.39 is 0 Å². The van der Waals surface area contributed by atoms with Gasteiger partial charge < -0.3 is 19.1 Å². The van der Waals surface area contributed by atoms with Crippen LogP contribution >= 0.6 is 11.6 Å². The van der Waals surface area contributed by atoms with Gasteiger partial charge in [-0.3, -0.25) is 4.79 Å². The van der Waals surface area contributed by atoms with Crippen molar-refractivity contribution >= 4 is 17.5 Å². The molecule has 1 aliphatic rings. The zero-order chi connectivity index (χ0) is 20.4. The van der Waals surface area contributed by atoms with E-state index in [9.17, 15) is 4.79 Å². The monoisotopic (exact) mass is 403 g/mol. The summed E-state index contributed by atoms with van der Waals surface area (Å²) in [6, 6.07) is 13.8. The first kappa shape index (κ1) is 21.8. The maximum absolute atomic E-state index is 10.9. The third kappa shape index (κ3) is 6.59. The zero-order valence-electron chi connectivity index (χ0n) is 16.3. The lowest BCUT2D eigenvalue weighted by atomic mass is 10.0. The fourth-order valence-corrected chi connectivity index (χ4v) is 2.87. The second-order valence-electron chi connectivity index (χ2n) is 6.13. The summed E-state index contributed by atoms with van der Waals surface area (Å²) in [4.78, 5) is 12.7. The molecule has 0 aromatic heterocycles. The Balaban J connectivity index is 0.000000237. The van der Waals surface area contributed by atoms with Crippen molar-refractivity contribution in [3.8, 4) is 11.5 Å². The third-order valence-electron chi connectivity index (χ3n) is 4.27. The summed E-state index contributed by atoms with van der Waals surface area (Å²) in [6.45, 7) is 6.11. The first-order valence-electron chi connectivity index (χ1n) is 9.01. The third-order valence-corrected chi connectivity index (χ3v) is 4.52. The summed E-state index contributed by atoms with van der Waals surface area (Å²) in [5.41, 5.74) is 2.39. The number of methoxy groups -OCH3 is 2. The van der Waals surface area contributed by atoms with Crippen LogP contribution in [0.3, 0.4) is 0 Å². The van der Waals surface area contributed by atoms with Crippen molar-refractivity contribution in [2.75, 3.05) is 40.5 Å². The second kappa shape index (κ2) is 11.4. The van der Waals surface area contributed by atoms with Crippen LogP contribution in [-0.2, 0) is 16.0 Å². The molecule has 1 heterocycles. The summed E-state index contributed by atoms with van der Waals surface area (Å²) in [5, 5.41) is 0.756. The Labute approximate surface area is 171 Å². The molecule has 0 aliphatic carbocycles. The van der Waals surface area contributed by atoms with Crippen molar-refractivity contribution in [3.63, 3.8) is 0 Å². The highest BCUT2D eigenvalue weighted by molar-refractivity contribution is 6.30. The van der Waals surface area contributed by atoms with Gasteiger partial charge in [-0.05, 0) is 47.9 Å². The molecule has 5 nitrogen and oxygen atoms in total. The minimum absolute atomic E-state index is 0.00306. The fraction of sp³-hybridized carbons (Fsp3) is 0.318. The molecule has 0 radical (unpaired) electrons. The molecule has 2 aromatic rings. The molecular weight excluding hydrogens is 378 g/mol. The molecule has 1 fully saturated rings. The summed E-state index contributed by atoms with van der Waals surface area (Å²) in [7, 11) is 3.28. The lowest BCUT2D eigenvalue weighted by Gasteiger charge is -2.25. The van der Waals surface area contributed by atoms with E-state index in [2.05, 4.69) is 6.58 Å². The van der Waals surface area contributed by atoms with Gasteiger partial charge >= 0.3 is 0 Å². The maximum Gasteiger partial charge on any atom is 0.246 e. The number of halogens is 1. The van der Waals surface area contributed by atoms with Crippen LogP contribution in [0.2, 0.25) is 5.02 Å². The van der Waals surface area contributed by atoms with Gasteiger partial charge in [0.2, 0.25) is 5.91 Å². The molecule has 0 N–H and O–H groups in total. The normalized spacial score (nSPS) is 13.2. The first-order chi connectivity index (χ1) is 13.6. The number of carbonyl (C=O) groups is 1. The van der Waals surface area contributed by atoms with Crippen LogP contribution in [0.25, 0.3) is 0 Å². The summed E-state index contributed by atoms with van der Waals surface area (Å²) >= 11 is 5.87. The SMILES string of the molecule is C=CC(=O)N1CCOCC1.COc1ccc(Cc2ccc(Cl)cc2)cc1OC. The van der Waals surface area contributed by atoms with Gasteiger partial charge in [0, 0.05) is 18.1 Å². The van der Waals surface area contributed by atoms with E-state index in [0.717, 1.165) is 22.9 Å². The standard InChI is InChI=1S/C15H15ClO2.C7H11NO2/c1-17-14-8-5-12(10-15(14)18-2)9-11-3-6-13(16)7-4-11;1-2-7(9)8-3-5-10-6-4-8/h3-8,10H,9H2,1-2H3;2H,1,3-6H2. The van der Waals surface area contributed by atoms with Crippen LogP contribution in [0.5, 0.6) is 11.5 Å². The average Bonchev–Trinajstić information content (AvgIpc) is 2.75. The Morgan fingerprint density at radius 1 is 1.07 bits per heavy atom. The van der Waals surface area contributed by atoms with Gasteiger partial charge in [0.05, 0.1) is 27.4 Å². The second-order valence-corrected chi connectivity index (χ2v) is 6.57. The molecule has 3 rings (SSSR count). The highest BCUT2D eigenvalue weighted by Gasteiger charge is 2.12. The Morgan fingerprint density at radius 2 is 1.68 bits per heavy atom. The number of ether oxygens (including phenoxy) is 3. The highest BCUT2D eigenvalue weighted by atomic mass is 35.5. The van der Waals surface area contributed by atoms with Crippen molar-refractivity contribution in [2.24, 2.45) is 0 Å². The Kier molecular flexibility index (Phi) is 8.85. The molecule has 0 spiro atoms. The van der Waals surface area contributed by atoms with Gasteiger partial charge in [-0.1, -0.05) is 36.4 Å². The van der Waals surface area contributed by atoms with E-state index in [-0.39, 0.29) is 5.91 Å². The molecule has 1 aliphatic heterocycles. The van der Waals surface area contributed by atoms with Crippen molar-refractivity contribution in [1.82, 2.24) is 4.90 Å². The van der Waals surface area contributed by atoms with Gasteiger partial charge in [-0.25, -0.2) is 0 Å². The van der Waals surface area contributed by atoms with Crippen LogP contribution < -0.4 is 9.47 Å². The van der Waals surface area contributed by atoms with Crippen molar-refractivity contribution in [1.29, 1.82) is 0 Å². The van der Waals surface area contributed by atoms with Crippen LogP contribution in [0.15, 0.2) is 55.1 Å². The topological polar surface area (TPSA) is 48.0 Å². The minimum atomic E-state index is 0.00306. The number of amides is 1. The first-order valence-corrected chi connectivity index (χ1v) is 9.39. The predicted octanol–water partition coefficient (Wildman–Crippen LogP) is 3.98. The Morgan fingerprint density at radius 3 is 2.25 bits per heavy atom. The summed E-state index contributed by atoms with van der Waals surface area (Å²) in [5.74, 6) is 1.50. The molecule has 1 amide bonds. The maximum atomic E-state index is 10.9. The summed E-state index contributed by atoms with van der Waals surface area (Å²) in [6.07, 6.45) is 2.18. The van der Waals surface area contributed by atoms with E-state index in [1.54, 1.807) is 19.1 Å². The number of hydrogen-bond acceptors (Lipinski definition) is 4. The Hall–Kier alpha value is -2.50. The van der Waals surface area contributed by atoms with Crippen LogP contribution in [0, 0.1) is 0 Å². The molecule has 2 aromatic carbocycles. The van der Waals surface area contributed by atoms with Gasteiger partial charge in [-0.15, -0.1) is 0 Å². The lowest BCUT2D eigenvalue weighted by molar-refractivity contribution is -0.129. The van der Waals surface area contributed by atoms with Gasteiger partial charge in [0.25, 0.3) is 0 Å². The van der Waals surface area contributed by atoms with E-state index >= 15 is 0 Å². The highest BCUT2D eigenvalue weighted by Crippen LogP contribution is 2.28. The fourth-order valence-electron chi connectivity index (χ4n) is 2.74. The van der Waals surface area contributed by atoms with Gasteiger partial charge in [0.1, 0.15) is 0 Å². The molecule has 6 heteroatoms. The average molecular weight is 404 g/mol. The zero-order valence-corrected chi connectivity index (χ0v) is 17.1. The minimum Gasteiger partial charge on any atom is -0.493 e. The van der Waals surface area contributed by atoms with Crippen LogP contribution in [0.1, 0.15) is 11.1 Å². The van der Waals surface area contributed by atoms with Crippen molar-refractivity contribution < 1.29 is 19.0 Å². The Bertz CT molecular complexity index is 771. The molecule has 0 atom stereocenters. The van der Waals surface area contributed by atoms with Crippen molar-refractivity contribution in [2.45, 2.75) is 6.42 Å². The van der Waals surface area contributed by atoms with Gasteiger partial charge in [-0.2, -0.15) is 0 Å². The predicted molar refractivity (Wildman–Crippen MR) is 111 cm³/mol. The number of nitrogens with zero attached hydrogens (tertiary/aromatic N) is 1. The number of rotatable bonds is 5. The van der Waals surface area contributed by atoms with E-state index in [1.807, 2.05) is 42.5 Å². The molecule has 1 saturated heterocycles. The molecular formula is C22H26ClNO4. The molecule has 0 saturated carbocycles. The molecule has 28 heavy (non-hydrogen) atoms. The largest absolute Gasteiger partial charge is 0.493 e. The van der Waals surface area contributed by atoms with Crippen molar-refractivity contribution in [3.05, 3.63) is 71.3 Å². The van der Waals surface area contributed by atoms with E-state index in [0.29, 0.717) is 26.3 Å². The van der Waals surface area contributed by atoms with E-state index in [1.165, 1.54) is 17.2 Å². The lowest BCUT2D eigenvalue weighted by Crippen LogP contribution is -2.39. The van der Waals surface area contributed by atoms with E-state index in [4.69, 9.17) is 25.8 Å². The van der Waals surface area contributed by atoms with Gasteiger partial charge in [0.15, 0.2) is 11.5 Å². The molecule has 0 bridgehead atoms. The smallest absolute Gasteiger partial charge is 0.246 e. The quantitative estimate of drug-likeness (QED) is 0.708.